The maximum atomic E-state index is 5.83. The molecule has 0 aliphatic heterocycles. The summed E-state index contributed by atoms with van der Waals surface area (Å²) in [7, 11) is 0. The molecule has 18 heavy (non-hydrogen) atoms. The minimum Gasteiger partial charge on any atom is -0.492 e. The summed E-state index contributed by atoms with van der Waals surface area (Å²) in [5, 5.41) is 3.28. The van der Waals surface area contributed by atoms with Gasteiger partial charge in [-0.05, 0) is 66.4 Å². The van der Waals surface area contributed by atoms with Crippen molar-refractivity contribution in [2.24, 2.45) is 0 Å². The Bertz CT molecular complexity index is 367. The minimum absolute atomic E-state index is 0.762. The Labute approximate surface area is 119 Å². The smallest absolute Gasteiger partial charge is 0.136 e. The summed E-state index contributed by atoms with van der Waals surface area (Å²) in [4.78, 5) is 0. The molecule has 0 fully saturated rings. The van der Waals surface area contributed by atoms with Crippen LogP contribution < -0.4 is 10.1 Å². The molecular formula is C15H22BrNO. The van der Waals surface area contributed by atoms with Gasteiger partial charge in [0.25, 0.3) is 0 Å². The van der Waals surface area contributed by atoms with Crippen molar-refractivity contribution in [3.8, 4) is 5.75 Å². The first-order chi connectivity index (χ1) is 8.65. The van der Waals surface area contributed by atoms with Crippen LogP contribution in [0.1, 0.15) is 24.0 Å². The van der Waals surface area contributed by atoms with Crippen LogP contribution in [0.15, 0.2) is 29.3 Å². The van der Waals surface area contributed by atoms with Gasteiger partial charge in [-0.1, -0.05) is 12.1 Å². The van der Waals surface area contributed by atoms with Gasteiger partial charge < -0.3 is 10.1 Å². The zero-order chi connectivity index (χ0) is 13.4. The molecule has 0 unspecified atom stereocenters. The molecule has 0 aliphatic rings. The van der Waals surface area contributed by atoms with Gasteiger partial charge in [0.1, 0.15) is 5.75 Å². The van der Waals surface area contributed by atoms with Crippen molar-refractivity contribution in [3.63, 3.8) is 0 Å². The zero-order valence-corrected chi connectivity index (χ0v) is 12.8. The van der Waals surface area contributed by atoms with Crippen LogP contribution in [0.4, 0.5) is 0 Å². The van der Waals surface area contributed by atoms with Crippen molar-refractivity contribution < 1.29 is 4.74 Å². The highest BCUT2D eigenvalue weighted by molar-refractivity contribution is 9.10. The van der Waals surface area contributed by atoms with E-state index in [-0.39, 0.29) is 0 Å². The fraction of sp³-hybridized carbons (Fsp3) is 0.467. The first kappa shape index (κ1) is 15.3. The first-order valence-electron chi connectivity index (χ1n) is 6.36. The molecule has 0 amide bonds. The lowest BCUT2D eigenvalue weighted by Gasteiger charge is -2.12. The molecular weight excluding hydrogens is 290 g/mol. The van der Waals surface area contributed by atoms with Crippen molar-refractivity contribution in [2.75, 3.05) is 19.7 Å². The number of benzene rings is 1. The molecule has 0 saturated heterocycles. The highest BCUT2D eigenvalue weighted by Crippen LogP contribution is 2.30. The molecule has 0 atom stereocenters. The quantitative estimate of drug-likeness (QED) is 0.579. The Morgan fingerprint density at radius 1 is 1.33 bits per heavy atom. The van der Waals surface area contributed by atoms with E-state index in [1.54, 1.807) is 0 Å². The Kier molecular flexibility index (Phi) is 7.06. The van der Waals surface area contributed by atoms with E-state index in [9.17, 15) is 0 Å². The van der Waals surface area contributed by atoms with Crippen LogP contribution in [0.5, 0.6) is 5.75 Å². The predicted octanol–water partition coefficient (Wildman–Crippen LogP) is 4.00. The molecule has 0 aromatic heterocycles. The topological polar surface area (TPSA) is 21.3 Å². The van der Waals surface area contributed by atoms with Gasteiger partial charge >= 0.3 is 0 Å². The monoisotopic (exact) mass is 311 g/mol. The fourth-order valence-electron chi connectivity index (χ4n) is 1.82. The van der Waals surface area contributed by atoms with E-state index < -0.39 is 0 Å². The third-order valence-corrected chi connectivity index (χ3v) is 3.25. The van der Waals surface area contributed by atoms with Crippen LogP contribution in [0, 0.1) is 13.8 Å². The number of ether oxygens (including phenoxy) is 1. The van der Waals surface area contributed by atoms with Gasteiger partial charge in [0, 0.05) is 6.54 Å². The molecule has 2 nitrogen and oxygen atoms in total. The summed E-state index contributed by atoms with van der Waals surface area (Å²) >= 11 is 3.55. The number of unbranched alkanes of at least 4 members (excludes halogenated alkanes) is 1. The summed E-state index contributed by atoms with van der Waals surface area (Å²) in [5.41, 5.74) is 2.44. The lowest BCUT2D eigenvalue weighted by molar-refractivity contribution is 0.302. The summed E-state index contributed by atoms with van der Waals surface area (Å²) in [6, 6.07) is 4.24. The predicted molar refractivity (Wildman–Crippen MR) is 81.4 cm³/mol. The number of hydrogen-bond acceptors (Lipinski definition) is 2. The highest BCUT2D eigenvalue weighted by atomic mass is 79.9. The third-order valence-electron chi connectivity index (χ3n) is 2.66. The molecule has 1 N–H and O–H groups in total. The number of rotatable bonds is 8. The molecule has 1 rings (SSSR count). The van der Waals surface area contributed by atoms with E-state index in [1.165, 1.54) is 11.1 Å². The highest BCUT2D eigenvalue weighted by Gasteiger charge is 2.05. The first-order valence-corrected chi connectivity index (χ1v) is 7.15. The van der Waals surface area contributed by atoms with Gasteiger partial charge in [-0.3, -0.25) is 0 Å². The largest absolute Gasteiger partial charge is 0.492 e. The van der Waals surface area contributed by atoms with E-state index in [0.717, 1.165) is 42.8 Å². The lowest BCUT2D eigenvalue weighted by atomic mass is 10.1. The Balaban J connectivity index is 2.29. The Hall–Kier alpha value is -0.800. The van der Waals surface area contributed by atoms with Gasteiger partial charge in [-0.15, -0.1) is 6.58 Å². The number of hydrogen-bond donors (Lipinski definition) is 1. The van der Waals surface area contributed by atoms with Gasteiger partial charge in [-0.25, -0.2) is 0 Å². The maximum absolute atomic E-state index is 5.83. The van der Waals surface area contributed by atoms with Gasteiger partial charge in [0.2, 0.25) is 0 Å². The minimum atomic E-state index is 0.762. The van der Waals surface area contributed by atoms with Gasteiger partial charge in [0.05, 0.1) is 11.1 Å². The van der Waals surface area contributed by atoms with E-state index in [4.69, 9.17) is 4.74 Å². The van der Waals surface area contributed by atoms with Crippen molar-refractivity contribution in [3.05, 3.63) is 40.4 Å². The summed E-state index contributed by atoms with van der Waals surface area (Å²) < 4.78 is 6.88. The summed E-state index contributed by atoms with van der Waals surface area (Å²) in [6.07, 6.45) is 4.06. The summed E-state index contributed by atoms with van der Waals surface area (Å²) in [5.74, 6) is 0.972. The van der Waals surface area contributed by atoms with Crippen molar-refractivity contribution in [2.45, 2.75) is 26.7 Å². The molecule has 3 heteroatoms. The Morgan fingerprint density at radius 3 is 2.78 bits per heavy atom. The number of halogens is 1. The molecule has 0 heterocycles. The molecule has 0 aliphatic carbocycles. The van der Waals surface area contributed by atoms with Crippen LogP contribution in [-0.4, -0.2) is 19.7 Å². The van der Waals surface area contributed by atoms with Crippen LogP contribution in [0.3, 0.4) is 0 Å². The standard InChI is InChI=1S/C15H22BrNO/c1-4-7-17-8-5-6-9-18-15-13(3)10-12(2)11-14(15)16/h4,10-11,17H,1,5-9H2,2-3H3. The molecule has 0 saturated carbocycles. The van der Waals surface area contributed by atoms with Gasteiger partial charge in [0.15, 0.2) is 0 Å². The fourth-order valence-corrected chi connectivity index (χ4v) is 2.60. The second-order valence-corrected chi connectivity index (χ2v) is 5.30. The molecule has 1 aromatic carbocycles. The number of aryl methyl sites for hydroxylation is 2. The van der Waals surface area contributed by atoms with Crippen LogP contribution >= 0.6 is 15.9 Å². The van der Waals surface area contributed by atoms with E-state index >= 15 is 0 Å². The molecule has 100 valence electrons. The normalized spacial score (nSPS) is 10.4. The summed E-state index contributed by atoms with van der Waals surface area (Å²) in [6.45, 7) is 10.5. The second-order valence-electron chi connectivity index (χ2n) is 4.44. The third kappa shape index (κ3) is 5.23. The van der Waals surface area contributed by atoms with Crippen molar-refractivity contribution >= 4 is 15.9 Å². The van der Waals surface area contributed by atoms with Crippen molar-refractivity contribution in [1.82, 2.24) is 5.32 Å². The van der Waals surface area contributed by atoms with Gasteiger partial charge in [-0.2, -0.15) is 0 Å². The van der Waals surface area contributed by atoms with Crippen LogP contribution in [-0.2, 0) is 0 Å². The molecule has 1 aromatic rings. The number of nitrogens with one attached hydrogen (secondary N) is 1. The SMILES string of the molecule is C=CCNCCCCOc1c(C)cc(C)cc1Br. The zero-order valence-electron chi connectivity index (χ0n) is 11.3. The molecule has 0 bridgehead atoms. The lowest BCUT2D eigenvalue weighted by Crippen LogP contribution is -2.15. The van der Waals surface area contributed by atoms with Crippen molar-refractivity contribution in [1.29, 1.82) is 0 Å². The maximum Gasteiger partial charge on any atom is 0.136 e. The second kappa shape index (κ2) is 8.33. The Morgan fingerprint density at radius 2 is 2.11 bits per heavy atom. The molecule has 0 radical (unpaired) electrons. The van der Waals surface area contributed by atoms with E-state index in [1.807, 2.05) is 6.08 Å². The van der Waals surface area contributed by atoms with Crippen LogP contribution in [0.25, 0.3) is 0 Å². The average Bonchev–Trinajstić information content (AvgIpc) is 2.30. The van der Waals surface area contributed by atoms with E-state index in [2.05, 4.69) is 53.8 Å². The van der Waals surface area contributed by atoms with E-state index in [0.29, 0.717) is 0 Å². The van der Waals surface area contributed by atoms with Crippen LogP contribution in [0.2, 0.25) is 0 Å². The average molecular weight is 312 g/mol. The molecule has 0 spiro atoms.